The topological polar surface area (TPSA) is 63.5 Å². The highest BCUT2D eigenvalue weighted by Gasteiger charge is 2.33. The molecule has 1 amide bonds. The Balaban J connectivity index is 2.25. The van der Waals surface area contributed by atoms with Crippen LogP contribution < -0.4 is 0 Å². The van der Waals surface area contributed by atoms with E-state index in [2.05, 4.69) is 22.9 Å². The van der Waals surface area contributed by atoms with Crippen LogP contribution in [0.15, 0.2) is 22.7 Å². The average Bonchev–Trinajstić information content (AvgIpc) is 3.23. The maximum Gasteiger partial charge on any atom is 0.270 e. The highest BCUT2D eigenvalue weighted by molar-refractivity contribution is 9.10. The monoisotopic (exact) mass is 340 g/mol. The number of hydrogen-bond donors (Lipinski definition) is 0. The molecule has 1 aliphatic carbocycles. The smallest absolute Gasteiger partial charge is 0.270 e. The Labute approximate surface area is 126 Å². The Morgan fingerprint density at radius 3 is 2.75 bits per heavy atom. The maximum atomic E-state index is 12.6. The van der Waals surface area contributed by atoms with Crippen LogP contribution in [0.4, 0.5) is 5.69 Å². The normalized spacial score (nSPS) is 14.1. The Morgan fingerprint density at radius 2 is 2.20 bits per heavy atom. The summed E-state index contributed by atoms with van der Waals surface area (Å²) in [6, 6.07) is 4.62. The Morgan fingerprint density at radius 1 is 1.50 bits per heavy atom. The van der Waals surface area contributed by atoms with Crippen molar-refractivity contribution in [3.63, 3.8) is 0 Å². The van der Waals surface area contributed by atoms with Gasteiger partial charge in [-0.1, -0.05) is 13.3 Å². The summed E-state index contributed by atoms with van der Waals surface area (Å²) in [6.07, 6.45) is 4.03. The zero-order chi connectivity index (χ0) is 14.7. The largest absolute Gasteiger partial charge is 0.336 e. The van der Waals surface area contributed by atoms with Crippen LogP contribution in [0.1, 0.15) is 43.0 Å². The molecule has 0 saturated heterocycles. The van der Waals surface area contributed by atoms with Gasteiger partial charge in [-0.25, -0.2) is 0 Å². The third-order valence-corrected chi connectivity index (χ3v) is 4.08. The van der Waals surface area contributed by atoms with Crippen molar-refractivity contribution >= 4 is 27.5 Å². The molecule has 1 fully saturated rings. The van der Waals surface area contributed by atoms with Crippen molar-refractivity contribution in [3.8, 4) is 0 Å². The molecular weight excluding hydrogens is 324 g/mol. The first-order valence-corrected chi connectivity index (χ1v) is 7.58. The van der Waals surface area contributed by atoms with Gasteiger partial charge < -0.3 is 4.90 Å². The van der Waals surface area contributed by atoms with Gasteiger partial charge in [0.1, 0.15) is 0 Å². The number of amides is 1. The van der Waals surface area contributed by atoms with Gasteiger partial charge in [-0.05, 0) is 41.3 Å². The number of nitro benzene ring substituents is 1. The molecule has 1 saturated carbocycles. The van der Waals surface area contributed by atoms with E-state index in [0.717, 1.165) is 32.2 Å². The van der Waals surface area contributed by atoms with E-state index in [9.17, 15) is 14.9 Å². The fraction of sp³-hybridized carbons (Fsp3) is 0.500. The lowest BCUT2D eigenvalue weighted by molar-refractivity contribution is -0.384. The molecule has 1 aromatic rings. The number of non-ortho nitro benzene ring substituents is 1. The molecule has 0 unspecified atom stereocenters. The lowest BCUT2D eigenvalue weighted by Crippen LogP contribution is -2.34. The van der Waals surface area contributed by atoms with Crippen LogP contribution in [0.5, 0.6) is 0 Å². The molecule has 0 heterocycles. The van der Waals surface area contributed by atoms with E-state index in [1.165, 1.54) is 12.1 Å². The van der Waals surface area contributed by atoms with Gasteiger partial charge in [0.25, 0.3) is 11.6 Å². The van der Waals surface area contributed by atoms with Crippen LogP contribution in [0.25, 0.3) is 0 Å². The molecule has 0 radical (unpaired) electrons. The Hall–Kier alpha value is -1.43. The summed E-state index contributed by atoms with van der Waals surface area (Å²) < 4.78 is 0.607. The number of carbonyl (C=O) groups excluding carboxylic acids is 1. The number of unbranched alkanes of at least 4 members (excludes halogenated alkanes) is 1. The summed E-state index contributed by atoms with van der Waals surface area (Å²) >= 11 is 3.32. The quantitative estimate of drug-likeness (QED) is 0.585. The Kier molecular flexibility index (Phi) is 4.75. The molecule has 2 rings (SSSR count). The van der Waals surface area contributed by atoms with E-state index in [1.54, 1.807) is 6.07 Å². The number of halogens is 1. The van der Waals surface area contributed by atoms with Crippen LogP contribution in [-0.2, 0) is 0 Å². The highest BCUT2D eigenvalue weighted by Crippen LogP contribution is 2.31. The molecule has 0 aliphatic heterocycles. The zero-order valence-electron chi connectivity index (χ0n) is 11.3. The molecule has 0 spiro atoms. The van der Waals surface area contributed by atoms with Gasteiger partial charge in [-0.2, -0.15) is 0 Å². The van der Waals surface area contributed by atoms with E-state index in [4.69, 9.17) is 0 Å². The molecule has 1 aromatic carbocycles. The number of carbonyl (C=O) groups is 1. The van der Waals surface area contributed by atoms with Gasteiger partial charge in [-0.3, -0.25) is 14.9 Å². The summed E-state index contributed by atoms with van der Waals surface area (Å²) in [5.74, 6) is -0.114. The summed E-state index contributed by atoms with van der Waals surface area (Å²) in [7, 11) is 0. The van der Waals surface area contributed by atoms with Crippen molar-refractivity contribution in [2.75, 3.05) is 6.54 Å². The fourth-order valence-corrected chi connectivity index (χ4v) is 2.53. The van der Waals surface area contributed by atoms with Crippen molar-refractivity contribution in [2.24, 2.45) is 0 Å². The van der Waals surface area contributed by atoms with E-state index < -0.39 is 4.92 Å². The molecule has 0 atom stereocenters. The van der Waals surface area contributed by atoms with Crippen LogP contribution in [0.3, 0.4) is 0 Å². The van der Waals surface area contributed by atoms with Crippen LogP contribution in [0.2, 0.25) is 0 Å². The van der Waals surface area contributed by atoms with Gasteiger partial charge in [0.15, 0.2) is 0 Å². The average molecular weight is 341 g/mol. The van der Waals surface area contributed by atoms with E-state index >= 15 is 0 Å². The van der Waals surface area contributed by atoms with Crippen LogP contribution in [-0.4, -0.2) is 28.3 Å². The summed E-state index contributed by atoms with van der Waals surface area (Å²) in [6.45, 7) is 2.80. The summed E-state index contributed by atoms with van der Waals surface area (Å²) in [5.41, 5.74) is 0.324. The Bertz CT molecular complexity index is 529. The van der Waals surface area contributed by atoms with Gasteiger partial charge >= 0.3 is 0 Å². The van der Waals surface area contributed by atoms with Gasteiger partial charge in [-0.15, -0.1) is 0 Å². The number of hydrogen-bond acceptors (Lipinski definition) is 3. The van der Waals surface area contributed by atoms with Crippen molar-refractivity contribution in [1.82, 2.24) is 4.90 Å². The van der Waals surface area contributed by atoms with Crippen LogP contribution >= 0.6 is 15.9 Å². The predicted octanol–water partition coefficient (Wildman–Crippen LogP) is 3.76. The number of nitro groups is 1. The van der Waals surface area contributed by atoms with Gasteiger partial charge in [0, 0.05) is 29.2 Å². The van der Waals surface area contributed by atoms with E-state index in [1.807, 2.05) is 4.90 Å². The predicted molar refractivity (Wildman–Crippen MR) is 79.8 cm³/mol. The van der Waals surface area contributed by atoms with Crippen molar-refractivity contribution in [3.05, 3.63) is 38.3 Å². The maximum absolute atomic E-state index is 12.6. The molecule has 0 N–H and O–H groups in total. The first-order chi connectivity index (χ1) is 9.54. The van der Waals surface area contributed by atoms with Crippen molar-refractivity contribution < 1.29 is 9.72 Å². The summed E-state index contributed by atoms with van der Waals surface area (Å²) in [5, 5.41) is 10.8. The fourth-order valence-electron chi connectivity index (χ4n) is 2.11. The second kappa shape index (κ2) is 6.35. The van der Waals surface area contributed by atoms with Gasteiger partial charge in [0.05, 0.1) is 10.5 Å². The third kappa shape index (κ3) is 3.36. The molecule has 20 heavy (non-hydrogen) atoms. The molecule has 6 heteroatoms. The molecule has 0 aromatic heterocycles. The van der Waals surface area contributed by atoms with Crippen LogP contribution in [0, 0.1) is 10.1 Å². The lowest BCUT2D eigenvalue weighted by Gasteiger charge is -2.22. The number of rotatable bonds is 6. The number of nitrogens with zero attached hydrogens (tertiary/aromatic N) is 2. The SMILES string of the molecule is CCCCN(C(=O)c1cc([N+](=O)[O-])ccc1Br)C1CC1. The molecule has 1 aliphatic rings. The molecule has 108 valence electrons. The first kappa shape index (κ1) is 15.0. The van der Waals surface area contributed by atoms with Gasteiger partial charge in [0.2, 0.25) is 0 Å². The molecule has 5 nitrogen and oxygen atoms in total. The zero-order valence-corrected chi connectivity index (χ0v) is 12.9. The molecule has 0 bridgehead atoms. The van der Waals surface area contributed by atoms with Crippen molar-refractivity contribution in [2.45, 2.75) is 38.6 Å². The highest BCUT2D eigenvalue weighted by atomic mass is 79.9. The first-order valence-electron chi connectivity index (χ1n) is 6.79. The lowest BCUT2D eigenvalue weighted by atomic mass is 10.1. The standard InChI is InChI=1S/C14H17BrN2O3/c1-2-3-8-16(10-4-5-10)14(18)12-9-11(17(19)20)6-7-13(12)15/h6-7,9-10H,2-5,8H2,1H3. The minimum atomic E-state index is -0.475. The third-order valence-electron chi connectivity index (χ3n) is 3.39. The second-order valence-corrected chi connectivity index (χ2v) is 5.86. The number of benzene rings is 1. The minimum absolute atomic E-state index is 0.0530. The van der Waals surface area contributed by atoms with E-state index in [-0.39, 0.29) is 11.6 Å². The second-order valence-electron chi connectivity index (χ2n) is 5.00. The minimum Gasteiger partial charge on any atom is -0.336 e. The molecular formula is C14H17BrN2O3. The van der Waals surface area contributed by atoms with Crippen molar-refractivity contribution in [1.29, 1.82) is 0 Å². The summed E-state index contributed by atoms with van der Waals surface area (Å²) in [4.78, 5) is 24.8. The van der Waals surface area contributed by atoms with E-state index in [0.29, 0.717) is 16.1 Å².